The molecule has 158 valence electrons. The monoisotopic (exact) mass is 463 g/mol. The molecule has 0 fully saturated rings. The molecule has 0 aliphatic heterocycles. The molecule has 3 aromatic carbocycles. The average Bonchev–Trinajstić information content (AvgIpc) is 2.75. The number of hydrogen-bond donors (Lipinski definition) is 2. The minimum atomic E-state index is -4.00. The van der Waals surface area contributed by atoms with Gasteiger partial charge in [0.2, 0.25) is 0 Å². The standard InChI is InChI=1S/C17H17Cl2N.C6H6O3S/c1-20-17-9-7-12(13-4-2-3-5-14(13)17)11-6-8-15(18)16(19)10-11;7-10(8,9)6-4-2-1-3-5-6/h2-6,8,10,12,17,20H,7,9H2,1H3;1-5H,(H,7,8,9)/t12-,17-;/m0./s1. The molecule has 0 radical (unpaired) electrons. The van der Waals surface area contributed by atoms with E-state index >= 15 is 0 Å². The third-order valence-corrected chi connectivity index (χ3v) is 6.83. The fourth-order valence-corrected chi connectivity index (χ4v) is 4.57. The Morgan fingerprint density at radius 3 is 2.07 bits per heavy atom. The van der Waals surface area contributed by atoms with Gasteiger partial charge in [-0.05, 0) is 60.8 Å². The summed E-state index contributed by atoms with van der Waals surface area (Å²) < 4.78 is 29.2. The van der Waals surface area contributed by atoms with Crippen LogP contribution in [0.15, 0.2) is 77.7 Å². The lowest BCUT2D eigenvalue weighted by Crippen LogP contribution is -2.24. The van der Waals surface area contributed by atoms with Gasteiger partial charge in [0.25, 0.3) is 10.1 Å². The molecule has 0 saturated carbocycles. The van der Waals surface area contributed by atoms with Crippen molar-refractivity contribution in [2.75, 3.05) is 7.05 Å². The molecular formula is C23H23Cl2NO3S. The maximum absolute atomic E-state index is 10.4. The second-order valence-electron chi connectivity index (χ2n) is 7.06. The number of nitrogens with one attached hydrogen (secondary N) is 1. The molecule has 0 unspecified atom stereocenters. The quantitative estimate of drug-likeness (QED) is 0.459. The fraction of sp³-hybridized carbons (Fsp3) is 0.217. The Labute approximate surface area is 187 Å². The van der Waals surface area contributed by atoms with Crippen LogP contribution in [0, 0.1) is 0 Å². The molecule has 4 nitrogen and oxygen atoms in total. The van der Waals surface area contributed by atoms with Crippen LogP contribution in [0.5, 0.6) is 0 Å². The second kappa shape index (κ2) is 9.94. The molecule has 2 N–H and O–H groups in total. The molecular weight excluding hydrogens is 441 g/mol. The summed E-state index contributed by atoms with van der Waals surface area (Å²) in [7, 11) is -1.97. The van der Waals surface area contributed by atoms with Crippen molar-refractivity contribution in [3.63, 3.8) is 0 Å². The van der Waals surface area contributed by atoms with Gasteiger partial charge in [0.1, 0.15) is 0 Å². The largest absolute Gasteiger partial charge is 0.313 e. The minimum absolute atomic E-state index is 0.0741. The number of halogens is 2. The van der Waals surface area contributed by atoms with E-state index in [-0.39, 0.29) is 4.90 Å². The van der Waals surface area contributed by atoms with Crippen molar-refractivity contribution in [3.8, 4) is 0 Å². The molecule has 0 amide bonds. The summed E-state index contributed by atoms with van der Waals surface area (Å²) in [5, 5.41) is 4.66. The lowest BCUT2D eigenvalue weighted by Gasteiger charge is -2.32. The molecule has 1 aliphatic carbocycles. The Morgan fingerprint density at radius 2 is 1.50 bits per heavy atom. The predicted octanol–water partition coefficient (Wildman–Crippen LogP) is 6.11. The molecule has 0 spiro atoms. The maximum atomic E-state index is 10.4. The number of rotatable bonds is 3. The summed E-state index contributed by atoms with van der Waals surface area (Å²) in [5.74, 6) is 0.408. The third kappa shape index (κ3) is 5.42. The summed E-state index contributed by atoms with van der Waals surface area (Å²) in [6, 6.07) is 22.5. The van der Waals surface area contributed by atoms with Crippen LogP contribution in [-0.2, 0) is 10.1 Å². The lowest BCUT2D eigenvalue weighted by atomic mass is 9.77. The van der Waals surface area contributed by atoms with Crippen molar-refractivity contribution in [2.45, 2.75) is 29.7 Å². The van der Waals surface area contributed by atoms with Crippen molar-refractivity contribution < 1.29 is 13.0 Å². The van der Waals surface area contributed by atoms with Crippen molar-refractivity contribution in [1.29, 1.82) is 0 Å². The molecule has 0 aromatic heterocycles. The Bertz CT molecular complexity index is 1100. The highest BCUT2D eigenvalue weighted by molar-refractivity contribution is 7.85. The SMILES string of the molecule is CN[C@H]1CC[C@@H](c2ccc(Cl)c(Cl)c2)c2ccccc21.O=S(=O)(O)c1ccccc1. The molecule has 0 saturated heterocycles. The first kappa shape index (κ1) is 22.8. The average molecular weight is 464 g/mol. The zero-order valence-electron chi connectivity index (χ0n) is 16.4. The van der Waals surface area contributed by atoms with Crippen LogP contribution in [0.3, 0.4) is 0 Å². The topological polar surface area (TPSA) is 66.4 Å². The molecule has 3 aromatic rings. The van der Waals surface area contributed by atoms with E-state index in [0.717, 1.165) is 12.8 Å². The van der Waals surface area contributed by atoms with Gasteiger partial charge >= 0.3 is 0 Å². The van der Waals surface area contributed by atoms with E-state index in [0.29, 0.717) is 22.0 Å². The van der Waals surface area contributed by atoms with Gasteiger partial charge in [-0.2, -0.15) is 8.42 Å². The van der Waals surface area contributed by atoms with Crippen LogP contribution in [-0.4, -0.2) is 20.0 Å². The van der Waals surface area contributed by atoms with Crippen LogP contribution in [0.4, 0.5) is 0 Å². The summed E-state index contributed by atoms with van der Waals surface area (Å²) in [6.07, 6.45) is 2.26. The normalized spacial score (nSPS) is 18.1. The first-order valence-electron chi connectivity index (χ1n) is 9.55. The van der Waals surface area contributed by atoms with Gasteiger partial charge in [-0.25, -0.2) is 0 Å². The summed E-state index contributed by atoms with van der Waals surface area (Å²) in [6.45, 7) is 0. The Morgan fingerprint density at radius 1 is 0.867 bits per heavy atom. The maximum Gasteiger partial charge on any atom is 0.294 e. The highest BCUT2D eigenvalue weighted by Gasteiger charge is 2.27. The summed E-state index contributed by atoms with van der Waals surface area (Å²) in [5.41, 5.74) is 4.05. The highest BCUT2D eigenvalue weighted by Crippen LogP contribution is 2.42. The zero-order valence-corrected chi connectivity index (χ0v) is 18.8. The second-order valence-corrected chi connectivity index (χ2v) is 9.30. The summed E-state index contributed by atoms with van der Waals surface area (Å²) >= 11 is 12.2. The van der Waals surface area contributed by atoms with Crippen molar-refractivity contribution >= 4 is 33.3 Å². The van der Waals surface area contributed by atoms with Crippen LogP contribution in [0.2, 0.25) is 10.0 Å². The highest BCUT2D eigenvalue weighted by atomic mass is 35.5. The first-order valence-corrected chi connectivity index (χ1v) is 11.7. The molecule has 4 rings (SSSR count). The number of fused-ring (bicyclic) bond motifs is 1. The van der Waals surface area contributed by atoms with Gasteiger partial charge in [0.15, 0.2) is 0 Å². The lowest BCUT2D eigenvalue weighted by molar-refractivity contribution is 0.471. The van der Waals surface area contributed by atoms with Crippen molar-refractivity contribution in [1.82, 2.24) is 5.32 Å². The molecule has 1 aliphatic rings. The van der Waals surface area contributed by atoms with E-state index in [1.165, 1.54) is 28.8 Å². The molecule has 2 atom stereocenters. The van der Waals surface area contributed by atoms with Crippen LogP contribution in [0.1, 0.15) is 41.5 Å². The molecule has 30 heavy (non-hydrogen) atoms. The Hall–Kier alpha value is -1.89. The van der Waals surface area contributed by atoms with Gasteiger partial charge < -0.3 is 5.32 Å². The van der Waals surface area contributed by atoms with Crippen molar-refractivity contribution in [3.05, 3.63) is 99.5 Å². The van der Waals surface area contributed by atoms with Crippen LogP contribution in [0.25, 0.3) is 0 Å². The first-order chi connectivity index (χ1) is 14.3. The van der Waals surface area contributed by atoms with Gasteiger partial charge in [-0.1, -0.05) is 71.7 Å². The molecule has 0 bridgehead atoms. The van der Waals surface area contributed by atoms with E-state index in [1.54, 1.807) is 18.2 Å². The Balaban J connectivity index is 0.000000216. The fourth-order valence-electron chi connectivity index (χ4n) is 3.76. The van der Waals surface area contributed by atoms with E-state index in [9.17, 15) is 8.42 Å². The minimum Gasteiger partial charge on any atom is -0.313 e. The predicted molar refractivity (Wildman–Crippen MR) is 122 cm³/mol. The van der Waals surface area contributed by atoms with Gasteiger partial charge in [0, 0.05) is 12.0 Å². The molecule has 0 heterocycles. The number of benzene rings is 3. The van der Waals surface area contributed by atoms with E-state index in [4.69, 9.17) is 27.8 Å². The van der Waals surface area contributed by atoms with E-state index in [1.807, 2.05) is 19.2 Å². The van der Waals surface area contributed by atoms with E-state index in [2.05, 4.69) is 35.6 Å². The zero-order chi connectivity index (χ0) is 21.7. The Kier molecular flexibility index (Phi) is 7.55. The smallest absolute Gasteiger partial charge is 0.294 e. The van der Waals surface area contributed by atoms with Crippen LogP contribution < -0.4 is 5.32 Å². The third-order valence-electron chi connectivity index (χ3n) is 5.23. The van der Waals surface area contributed by atoms with E-state index < -0.39 is 10.1 Å². The number of hydrogen-bond acceptors (Lipinski definition) is 3. The molecule has 7 heteroatoms. The van der Waals surface area contributed by atoms with Gasteiger partial charge in [0.05, 0.1) is 14.9 Å². The van der Waals surface area contributed by atoms with Crippen molar-refractivity contribution in [2.24, 2.45) is 0 Å². The van der Waals surface area contributed by atoms with Crippen LogP contribution >= 0.6 is 23.2 Å². The van der Waals surface area contributed by atoms with Gasteiger partial charge in [-0.15, -0.1) is 0 Å². The van der Waals surface area contributed by atoms with Gasteiger partial charge in [-0.3, -0.25) is 4.55 Å². The summed E-state index contributed by atoms with van der Waals surface area (Å²) in [4.78, 5) is -0.0741.